The molecule has 2 aromatic heterocycles. The molecule has 0 saturated heterocycles. The van der Waals surface area contributed by atoms with Gasteiger partial charge in [0.15, 0.2) is 0 Å². The Bertz CT molecular complexity index is 1620. The molecule has 0 aliphatic rings. The Labute approximate surface area is 218 Å². The third-order valence-electron chi connectivity index (χ3n) is 5.89. The van der Waals surface area contributed by atoms with Crippen molar-refractivity contribution in [3.63, 3.8) is 0 Å². The van der Waals surface area contributed by atoms with Gasteiger partial charge in [-0.3, -0.25) is 9.59 Å². The van der Waals surface area contributed by atoms with Gasteiger partial charge in [0, 0.05) is 27.8 Å². The van der Waals surface area contributed by atoms with Crippen molar-refractivity contribution in [1.29, 1.82) is 0 Å². The van der Waals surface area contributed by atoms with Crippen molar-refractivity contribution in [1.82, 2.24) is 4.57 Å². The lowest BCUT2D eigenvalue weighted by Gasteiger charge is -2.13. The van der Waals surface area contributed by atoms with E-state index in [1.54, 1.807) is 64.5 Å². The lowest BCUT2D eigenvalue weighted by molar-refractivity contribution is -0.137. The molecule has 10 heteroatoms. The predicted octanol–water partition coefficient (Wildman–Crippen LogP) is 7.41. The number of alkyl halides is 3. The quantitative estimate of drug-likeness (QED) is 0.222. The molecule has 0 spiro atoms. The van der Waals surface area contributed by atoms with Crippen molar-refractivity contribution in [2.24, 2.45) is 0 Å². The lowest BCUT2D eigenvalue weighted by atomic mass is 10.2. The summed E-state index contributed by atoms with van der Waals surface area (Å²) in [5, 5.41) is 7.84. The van der Waals surface area contributed by atoms with Gasteiger partial charge in [-0.2, -0.15) is 13.2 Å². The second-order valence-corrected chi connectivity index (χ2v) is 9.39. The first-order chi connectivity index (χ1) is 18.2. The second-order valence-electron chi connectivity index (χ2n) is 8.44. The third kappa shape index (κ3) is 5.30. The maximum Gasteiger partial charge on any atom is 0.416 e. The number of amides is 2. The van der Waals surface area contributed by atoms with E-state index in [-0.39, 0.29) is 23.8 Å². The minimum absolute atomic E-state index is 0.0346. The highest BCUT2D eigenvalue weighted by Gasteiger charge is 2.30. The highest BCUT2D eigenvalue weighted by molar-refractivity contribution is 7.12. The molecule has 0 fully saturated rings. The number of hydrogen-bond acceptors (Lipinski definition) is 3. The number of thiophene rings is 1. The lowest BCUT2D eigenvalue weighted by Crippen LogP contribution is -2.18. The van der Waals surface area contributed by atoms with Crippen molar-refractivity contribution in [3.05, 3.63) is 118 Å². The maximum absolute atomic E-state index is 14.5. The van der Waals surface area contributed by atoms with Crippen LogP contribution in [0.15, 0.2) is 90.3 Å². The summed E-state index contributed by atoms with van der Waals surface area (Å²) < 4.78 is 54.8. The Balaban J connectivity index is 1.49. The van der Waals surface area contributed by atoms with E-state index in [1.165, 1.54) is 29.5 Å². The third-order valence-corrected chi connectivity index (χ3v) is 6.76. The molecule has 38 heavy (non-hydrogen) atoms. The standard InChI is InChI=1S/C28H19F4N3O2S/c29-22-5-2-1-4-17(22)16-35-23-12-11-21(34-27(37)25-6-3-13-38-25)14-18(23)15-24(35)26(36)33-20-9-7-19(8-10-20)28(30,31)32/h1-15H,16H2,(H,33,36)(H,34,37). The fourth-order valence-corrected chi connectivity index (χ4v) is 4.66. The molecule has 0 saturated carbocycles. The van der Waals surface area contributed by atoms with Crippen LogP contribution in [0, 0.1) is 5.82 Å². The van der Waals surface area contributed by atoms with Gasteiger partial charge in [0.05, 0.1) is 17.0 Å². The first-order valence-electron chi connectivity index (χ1n) is 11.4. The van der Waals surface area contributed by atoms with Gasteiger partial charge in [0.25, 0.3) is 11.8 Å². The van der Waals surface area contributed by atoms with Crippen LogP contribution in [0.3, 0.4) is 0 Å². The van der Waals surface area contributed by atoms with E-state index < -0.39 is 23.5 Å². The Hall–Kier alpha value is -4.44. The van der Waals surface area contributed by atoms with E-state index >= 15 is 0 Å². The highest BCUT2D eigenvalue weighted by Crippen LogP contribution is 2.30. The smallest absolute Gasteiger partial charge is 0.332 e. The van der Waals surface area contributed by atoms with Gasteiger partial charge in [-0.05, 0) is 66.0 Å². The number of halogens is 4. The largest absolute Gasteiger partial charge is 0.416 e. The molecule has 0 bridgehead atoms. The zero-order valence-electron chi connectivity index (χ0n) is 19.6. The monoisotopic (exact) mass is 537 g/mol. The van der Waals surface area contributed by atoms with E-state index in [2.05, 4.69) is 10.6 Å². The number of aromatic nitrogens is 1. The molecule has 2 amide bonds. The topological polar surface area (TPSA) is 63.1 Å². The van der Waals surface area contributed by atoms with E-state index in [1.807, 2.05) is 0 Å². The molecule has 0 atom stereocenters. The van der Waals surface area contributed by atoms with Crippen molar-refractivity contribution in [3.8, 4) is 0 Å². The van der Waals surface area contributed by atoms with E-state index in [9.17, 15) is 27.2 Å². The van der Waals surface area contributed by atoms with Crippen molar-refractivity contribution in [2.75, 3.05) is 10.6 Å². The Morgan fingerprint density at radius 2 is 1.53 bits per heavy atom. The number of fused-ring (bicyclic) bond motifs is 1. The van der Waals surface area contributed by atoms with Crippen LogP contribution in [-0.4, -0.2) is 16.4 Å². The average Bonchev–Trinajstić information content (AvgIpc) is 3.54. The molecule has 192 valence electrons. The minimum atomic E-state index is -4.49. The number of anilines is 2. The van der Waals surface area contributed by atoms with E-state index in [0.29, 0.717) is 27.0 Å². The molecule has 2 N–H and O–H groups in total. The van der Waals surface area contributed by atoms with Crippen LogP contribution in [0.2, 0.25) is 0 Å². The fourth-order valence-electron chi connectivity index (χ4n) is 4.04. The second kappa shape index (κ2) is 10.1. The van der Waals surface area contributed by atoms with Crippen LogP contribution in [0.1, 0.15) is 31.3 Å². The van der Waals surface area contributed by atoms with E-state index in [0.717, 1.165) is 12.1 Å². The van der Waals surface area contributed by atoms with Crippen molar-refractivity contribution in [2.45, 2.75) is 12.7 Å². The summed E-state index contributed by atoms with van der Waals surface area (Å²) in [6, 6.07) is 20.4. The zero-order valence-corrected chi connectivity index (χ0v) is 20.4. The molecular formula is C28H19F4N3O2S. The first-order valence-corrected chi connectivity index (χ1v) is 12.3. The van der Waals surface area contributed by atoms with Crippen LogP contribution >= 0.6 is 11.3 Å². The van der Waals surface area contributed by atoms with Gasteiger partial charge in [-0.15, -0.1) is 11.3 Å². The highest BCUT2D eigenvalue weighted by atomic mass is 32.1. The first kappa shape index (κ1) is 25.2. The van der Waals surface area contributed by atoms with Crippen LogP contribution < -0.4 is 10.6 Å². The van der Waals surface area contributed by atoms with Crippen LogP contribution in [0.25, 0.3) is 10.9 Å². The summed E-state index contributed by atoms with van der Waals surface area (Å²) in [5.41, 5.74) is 0.984. The van der Waals surface area contributed by atoms with Crippen LogP contribution in [0.5, 0.6) is 0 Å². The molecule has 5 rings (SSSR count). The molecule has 2 heterocycles. The van der Waals surface area contributed by atoms with Gasteiger partial charge < -0.3 is 15.2 Å². The summed E-state index contributed by atoms with van der Waals surface area (Å²) >= 11 is 1.30. The summed E-state index contributed by atoms with van der Waals surface area (Å²) in [4.78, 5) is 26.3. The van der Waals surface area contributed by atoms with Crippen LogP contribution in [-0.2, 0) is 12.7 Å². The number of nitrogens with one attached hydrogen (secondary N) is 2. The van der Waals surface area contributed by atoms with Crippen LogP contribution in [0.4, 0.5) is 28.9 Å². The summed E-state index contributed by atoms with van der Waals surface area (Å²) in [5.74, 6) is -1.30. The molecule has 0 aliphatic carbocycles. The Morgan fingerprint density at radius 1 is 0.816 bits per heavy atom. The van der Waals surface area contributed by atoms with E-state index in [4.69, 9.17) is 0 Å². The summed E-state index contributed by atoms with van der Waals surface area (Å²) in [6.45, 7) is 0.0346. The Morgan fingerprint density at radius 3 is 2.21 bits per heavy atom. The minimum Gasteiger partial charge on any atom is -0.332 e. The van der Waals surface area contributed by atoms with Gasteiger partial charge in [-0.1, -0.05) is 24.3 Å². The molecule has 3 aromatic carbocycles. The zero-order chi connectivity index (χ0) is 26.9. The molecular weight excluding hydrogens is 518 g/mol. The summed E-state index contributed by atoms with van der Waals surface area (Å²) in [6.07, 6.45) is -4.49. The predicted molar refractivity (Wildman–Crippen MR) is 139 cm³/mol. The van der Waals surface area contributed by atoms with Crippen molar-refractivity contribution < 1.29 is 27.2 Å². The van der Waals surface area contributed by atoms with Crippen molar-refractivity contribution >= 4 is 45.4 Å². The number of hydrogen-bond donors (Lipinski definition) is 2. The van der Waals surface area contributed by atoms with Gasteiger partial charge >= 0.3 is 6.18 Å². The Kier molecular flexibility index (Phi) is 6.73. The maximum atomic E-state index is 14.5. The molecule has 0 unspecified atom stereocenters. The average molecular weight is 538 g/mol. The SMILES string of the molecule is O=C(Nc1ccc2c(c1)cc(C(=O)Nc1ccc(C(F)(F)F)cc1)n2Cc1ccccc1F)c1cccs1. The molecule has 0 aliphatic heterocycles. The number of benzene rings is 3. The number of carbonyl (C=O) groups is 2. The fraction of sp³-hybridized carbons (Fsp3) is 0.0714. The molecule has 0 radical (unpaired) electrons. The molecule has 5 nitrogen and oxygen atoms in total. The number of rotatable bonds is 6. The summed E-state index contributed by atoms with van der Waals surface area (Å²) in [7, 11) is 0. The molecule has 5 aromatic rings. The van der Waals surface area contributed by atoms with Gasteiger partial charge in [0.1, 0.15) is 11.5 Å². The number of carbonyl (C=O) groups excluding carboxylic acids is 2. The number of nitrogens with zero attached hydrogens (tertiary/aromatic N) is 1. The van der Waals surface area contributed by atoms with Gasteiger partial charge in [-0.25, -0.2) is 4.39 Å². The normalized spacial score (nSPS) is 11.5. The van der Waals surface area contributed by atoms with Gasteiger partial charge in [0.2, 0.25) is 0 Å².